The van der Waals surface area contributed by atoms with E-state index in [-0.39, 0.29) is 5.95 Å². The molecular weight excluding hydrogens is 252 g/mol. The highest BCUT2D eigenvalue weighted by Crippen LogP contribution is 2.28. The van der Waals surface area contributed by atoms with Crippen molar-refractivity contribution in [2.75, 3.05) is 5.73 Å². The van der Waals surface area contributed by atoms with Crippen LogP contribution in [0.15, 0.2) is 36.7 Å². The molecule has 0 radical (unpaired) electrons. The summed E-state index contributed by atoms with van der Waals surface area (Å²) in [6.07, 6.45) is 3.65. The molecule has 0 aliphatic carbocycles. The van der Waals surface area contributed by atoms with Crippen LogP contribution in [0, 0.1) is 0 Å². The van der Waals surface area contributed by atoms with E-state index in [0.717, 1.165) is 27.8 Å². The smallest absolute Gasteiger partial charge is 0.222 e. The maximum atomic E-state index is 5.63. The molecule has 6 heteroatoms. The summed E-state index contributed by atoms with van der Waals surface area (Å²) in [5.41, 5.74) is 9.34. The summed E-state index contributed by atoms with van der Waals surface area (Å²) >= 11 is 0. The summed E-state index contributed by atoms with van der Waals surface area (Å²) in [5.74, 6) is 0.256. The summed E-state index contributed by atoms with van der Waals surface area (Å²) < 4.78 is 1.72. The summed E-state index contributed by atoms with van der Waals surface area (Å²) in [6, 6.07) is 8.24. The van der Waals surface area contributed by atoms with Gasteiger partial charge in [-0.15, -0.1) is 0 Å². The number of rotatable bonds is 1. The molecule has 0 atom stereocenters. The van der Waals surface area contributed by atoms with Crippen molar-refractivity contribution in [1.29, 1.82) is 0 Å². The van der Waals surface area contributed by atoms with Gasteiger partial charge in [0.1, 0.15) is 5.69 Å². The van der Waals surface area contributed by atoms with Crippen molar-refractivity contribution >= 4 is 27.9 Å². The quantitative estimate of drug-likeness (QED) is 0.551. The first-order valence-electron chi connectivity index (χ1n) is 6.25. The number of aromatic nitrogens is 5. The Balaban J connectivity index is 2.01. The lowest BCUT2D eigenvalue weighted by atomic mass is 10.1. The van der Waals surface area contributed by atoms with Gasteiger partial charge in [-0.2, -0.15) is 10.1 Å². The third kappa shape index (κ3) is 1.48. The van der Waals surface area contributed by atoms with E-state index in [0.29, 0.717) is 0 Å². The third-order valence-corrected chi connectivity index (χ3v) is 3.43. The van der Waals surface area contributed by atoms with Crippen molar-refractivity contribution in [2.24, 2.45) is 7.05 Å². The fraction of sp³-hybridized carbons (Fsp3) is 0.0714. The molecule has 0 saturated heterocycles. The van der Waals surface area contributed by atoms with Crippen molar-refractivity contribution in [3.63, 3.8) is 0 Å². The molecule has 3 aromatic heterocycles. The van der Waals surface area contributed by atoms with Crippen LogP contribution in [0.2, 0.25) is 0 Å². The third-order valence-electron chi connectivity index (χ3n) is 3.43. The topological polar surface area (TPSA) is 85.4 Å². The van der Waals surface area contributed by atoms with E-state index in [9.17, 15) is 0 Å². The van der Waals surface area contributed by atoms with Crippen LogP contribution in [0.25, 0.3) is 33.2 Å². The van der Waals surface area contributed by atoms with Crippen LogP contribution < -0.4 is 5.73 Å². The van der Waals surface area contributed by atoms with E-state index in [2.05, 4.69) is 32.2 Å². The normalized spacial score (nSPS) is 11.4. The Morgan fingerprint density at radius 3 is 3.05 bits per heavy atom. The number of aryl methyl sites for hydroxylation is 1. The molecule has 1 aromatic carbocycles. The van der Waals surface area contributed by atoms with Gasteiger partial charge in [0.15, 0.2) is 5.65 Å². The number of anilines is 1. The predicted octanol–water partition coefficient (Wildman–Crippen LogP) is 2.09. The van der Waals surface area contributed by atoms with Crippen LogP contribution >= 0.6 is 0 Å². The fourth-order valence-electron chi connectivity index (χ4n) is 2.46. The molecule has 0 bridgehead atoms. The van der Waals surface area contributed by atoms with Gasteiger partial charge in [0.25, 0.3) is 0 Å². The Labute approximate surface area is 114 Å². The summed E-state index contributed by atoms with van der Waals surface area (Å²) in [4.78, 5) is 11.5. The van der Waals surface area contributed by atoms with Gasteiger partial charge in [-0.3, -0.25) is 0 Å². The molecular formula is C14H12N6. The van der Waals surface area contributed by atoms with Gasteiger partial charge >= 0.3 is 0 Å². The van der Waals surface area contributed by atoms with E-state index < -0.39 is 0 Å². The number of nitrogens with one attached hydrogen (secondary N) is 1. The Morgan fingerprint density at radius 1 is 1.25 bits per heavy atom. The number of nitrogens with zero attached hydrogens (tertiary/aromatic N) is 4. The van der Waals surface area contributed by atoms with E-state index >= 15 is 0 Å². The second-order valence-corrected chi connectivity index (χ2v) is 4.72. The number of benzene rings is 1. The average molecular weight is 264 g/mol. The molecule has 3 N–H and O–H groups in total. The minimum Gasteiger partial charge on any atom is -0.368 e. The Hall–Kier alpha value is -2.89. The SMILES string of the molecule is Cn1nc(-c2ccc3cc[nH]c3c2)c2cnc(N)nc21. The van der Waals surface area contributed by atoms with Gasteiger partial charge in [0, 0.05) is 30.5 Å². The lowest BCUT2D eigenvalue weighted by Gasteiger charge is -1.98. The zero-order valence-corrected chi connectivity index (χ0v) is 10.8. The maximum absolute atomic E-state index is 5.63. The first kappa shape index (κ1) is 11.0. The molecule has 0 amide bonds. The Kier molecular flexibility index (Phi) is 2.09. The van der Waals surface area contributed by atoms with Crippen LogP contribution in [0.3, 0.4) is 0 Å². The minimum atomic E-state index is 0.256. The second kappa shape index (κ2) is 3.80. The lowest BCUT2D eigenvalue weighted by Crippen LogP contribution is -1.97. The van der Waals surface area contributed by atoms with Crippen LogP contribution in [-0.4, -0.2) is 24.7 Å². The van der Waals surface area contributed by atoms with E-state index in [1.54, 1.807) is 10.9 Å². The molecule has 6 nitrogen and oxygen atoms in total. The van der Waals surface area contributed by atoms with Crippen molar-refractivity contribution in [3.8, 4) is 11.3 Å². The van der Waals surface area contributed by atoms with Crippen LogP contribution in [0.4, 0.5) is 5.95 Å². The molecule has 0 saturated carbocycles. The van der Waals surface area contributed by atoms with Crippen molar-refractivity contribution in [1.82, 2.24) is 24.7 Å². The number of nitrogen functional groups attached to an aromatic ring is 1. The van der Waals surface area contributed by atoms with Crippen LogP contribution in [0.5, 0.6) is 0 Å². The number of hydrogen-bond acceptors (Lipinski definition) is 4. The number of fused-ring (bicyclic) bond motifs is 2. The van der Waals surface area contributed by atoms with Gasteiger partial charge in [-0.25, -0.2) is 9.67 Å². The van der Waals surface area contributed by atoms with Gasteiger partial charge < -0.3 is 10.7 Å². The molecule has 98 valence electrons. The van der Waals surface area contributed by atoms with Crippen molar-refractivity contribution in [3.05, 3.63) is 36.7 Å². The van der Waals surface area contributed by atoms with Gasteiger partial charge in [-0.05, 0) is 17.5 Å². The first-order valence-corrected chi connectivity index (χ1v) is 6.25. The average Bonchev–Trinajstić information content (AvgIpc) is 3.03. The van der Waals surface area contributed by atoms with Gasteiger partial charge in [0.2, 0.25) is 5.95 Å². The lowest BCUT2D eigenvalue weighted by molar-refractivity contribution is 0.789. The highest BCUT2D eigenvalue weighted by atomic mass is 15.3. The molecule has 0 aliphatic heterocycles. The van der Waals surface area contributed by atoms with E-state index in [1.807, 2.05) is 25.4 Å². The van der Waals surface area contributed by atoms with Gasteiger partial charge in [0.05, 0.1) is 5.39 Å². The monoisotopic (exact) mass is 264 g/mol. The van der Waals surface area contributed by atoms with Gasteiger partial charge in [-0.1, -0.05) is 12.1 Å². The largest absolute Gasteiger partial charge is 0.368 e. The highest BCUT2D eigenvalue weighted by Gasteiger charge is 2.13. The highest BCUT2D eigenvalue weighted by molar-refractivity contribution is 5.94. The fourth-order valence-corrected chi connectivity index (χ4v) is 2.46. The summed E-state index contributed by atoms with van der Waals surface area (Å²) in [7, 11) is 1.85. The van der Waals surface area contributed by atoms with E-state index in [4.69, 9.17) is 5.73 Å². The summed E-state index contributed by atoms with van der Waals surface area (Å²) in [6.45, 7) is 0. The standard InChI is InChI=1S/C14H12N6/c1-20-13-10(7-17-14(15)18-13)12(19-20)9-3-2-8-4-5-16-11(8)6-9/h2-7,16H,1H3,(H2,15,17,18). The molecule has 0 fully saturated rings. The number of nitrogens with two attached hydrogens (primary N) is 1. The maximum Gasteiger partial charge on any atom is 0.222 e. The number of H-pyrrole nitrogens is 1. The molecule has 0 spiro atoms. The molecule has 0 aliphatic rings. The zero-order chi connectivity index (χ0) is 13.7. The number of aromatic amines is 1. The molecule has 3 heterocycles. The molecule has 0 unspecified atom stereocenters. The zero-order valence-electron chi connectivity index (χ0n) is 10.8. The first-order chi connectivity index (χ1) is 9.72. The Morgan fingerprint density at radius 2 is 2.15 bits per heavy atom. The Bertz CT molecular complexity index is 933. The van der Waals surface area contributed by atoms with Crippen LogP contribution in [-0.2, 0) is 7.05 Å². The summed E-state index contributed by atoms with van der Waals surface area (Å²) in [5, 5.41) is 6.61. The second-order valence-electron chi connectivity index (χ2n) is 4.72. The minimum absolute atomic E-state index is 0.256. The molecule has 20 heavy (non-hydrogen) atoms. The number of hydrogen-bond donors (Lipinski definition) is 2. The predicted molar refractivity (Wildman–Crippen MR) is 78.0 cm³/mol. The van der Waals surface area contributed by atoms with Crippen molar-refractivity contribution < 1.29 is 0 Å². The van der Waals surface area contributed by atoms with Crippen molar-refractivity contribution in [2.45, 2.75) is 0 Å². The van der Waals surface area contributed by atoms with E-state index in [1.165, 1.54) is 5.39 Å². The molecule has 4 rings (SSSR count). The molecule has 4 aromatic rings. The van der Waals surface area contributed by atoms with Crippen LogP contribution in [0.1, 0.15) is 0 Å².